The van der Waals surface area contributed by atoms with Crippen molar-refractivity contribution in [2.75, 3.05) is 13.1 Å². The van der Waals surface area contributed by atoms with Crippen LogP contribution >= 0.6 is 0 Å². The molecule has 0 amide bonds. The lowest BCUT2D eigenvalue weighted by molar-refractivity contribution is 0.114. The first-order chi connectivity index (χ1) is 8.88. The van der Waals surface area contributed by atoms with Crippen molar-refractivity contribution in [1.82, 2.24) is 4.90 Å². The Kier molecular flexibility index (Phi) is 4.21. The minimum absolute atomic E-state index is 0.160. The molecule has 2 rings (SSSR count). The predicted octanol–water partition coefficient (Wildman–Crippen LogP) is 3.26. The van der Waals surface area contributed by atoms with Crippen LogP contribution < -0.4 is 0 Å². The average Bonchev–Trinajstić information content (AvgIpc) is 2.64. The number of likely N-dealkylation sites (tertiary alicyclic amines) is 1. The molecule has 0 bridgehead atoms. The number of hydrogen-bond acceptors (Lipinski definition) is 2. The Balaban J connectivity index is 1.96. The molecule has 19 heavy (non-hydrogen) atoms. The molecule has 1 saturated heterocycles. The summed E-state index contributed by atoms with van der Waals surface area (Å²) in [5, 5.41) is 10.0. The van der Waals surface area contributed by atoms with E-state index in [9.17, 15) is 13.9 Å². The molecule has 1 unspecified atom stereocenters. The summed E-state index contributed by atoms with van der Waals surface area (Å²) in [6.07, 6.45) is 1.99. The molecule has 0 spiro atoms. The van der Waals surface area contributed by atoms with Gasteiger partial charge in [0.2, 0.25) is 0 Å². The minimum atomic E-state index is -0.818. The maximum absolute atomic E-state index is 13.1. The molecule has 1 aromatic carbocycles. The Hall–Kier alpha value is -1.00. The minimum Gasteiger partial charge on any atom is -0.388 e. The van der Waals surface area contributed by atoms with Gasteiger partial charge < -0.3 is 5.11 Å². The highest BCUT2D eigenvalue weighted by Crippen LogP contribution is 2.29. The highest BCUT2D eigenvalue weighted by Gasteiger charge is 2.31. The van der Waals surface area contributed by atoms with Crippen LogP contribution in [-0.4, -0.2) is 28.6 Å². The maximum atomic E-state index is 13.1. The molecule has 1 atom stereocenters. The van der Waals surface area contributed by atoms with Crippen LogP contribution in [-0.2, 0) is 0 Å². The van der Waals surface area contributed by atoms with Crippen LogP contribution in [0.25, 0.3) is 0 Å². The molecule has 1 N–H and O–H groups in total. The van der Waals surface area contributed by atoms with Gasteiger partial charge in [0.25, 0.3) is 0 Å². The third kappa shape index (κ3) is 3.51. The van der Waals surface area contributed by atoms with Crippen LogP contribution in [0.5, 0.6) is 0 Å². The Morgan fingerprint density at radius 3 is 2.42 bits per heavy atom. The van der Waals surface area contributed by atoms with Gasteiger partial charge in [-0.15, -0.1) is 0 Å². The first-order valence-electron chi connectivity index (χ1n) is 6.77. The Morgan fingerprint density at radius 1 is 1.26 bits per heavy atom. The quantitative estimate of drug-likeness (QED) is 0.907. The van der Waals surface area contributed by atoms with E-state index >= 15 is 0 Å². The molecule has 0 radical (unpaired) electrons. The normalized spacial score (nSPS) is 20.7. The Bertz CT molecular complexity index is 428. The zero-order valence-corrected chi connectivity index (χ0v) is 11.5. The molecule has 2 nitrogen and oxygen atoms in total. The summed E-state index contributed by atoms with van der Waals surface area (Å²) in [5.41, 5.74) is 0.474. The SMILES string of the molecule is CC1(C)CCCN1CCC(O)c1cc(F)cc(F)c1. The van der Waals surface area contributed by atoms with Gasteiger partial charge in [-0.25, -0.2) is 8.78 Å². The summed E-state index contributed by atoms with van der Waals surface area (Å²) in [4.78, 5) is 2.33. The first-order valence-corrected chi connectivity index (χ1v) is 6.77. The molecule has 0 aliphatic carbocycles. The standard InChI is InChI=1S/C15H21F2NO/c1-15(2)5-3-6-18(15)7-4-14(19)11-8-12(16)10-13(17)9-11/h8-10,14,19H,3-7H2,1-2H3. The fraction of sp³-hybridized carbons (Fsp3) is 0.600. The van der Waals surface area contributed by atoms with Gasteiger partial charge in [0.1, 0.15) is 11.6 Å². The summed E-state index contributed by atoms with van der Waals surface area (Å²) in [6, 6.07) is 3.21. The van der Waals surface area contributed by atoms with Gasteiger partial charge in [0.05, 0.1) is 6.10 Å². The van der Waals surface area contributed by atoms with Gasteiger partial charge in [0.15, 0.2) is 0 Å². The molecule has 4 heteroatoms. The van der Waals surface area contributed by atoms with E-state index < -0.39 is 17.7 Å². The van der Waals surface area contributed by atoms with E-state index in [0.29, 0.717) is 12.0 Å². The zero-order valence-electron chi connectivity index (χ0n) is 11.5. The fourth-order valence-electron chi connectivity index (χ4n) is 2.79. The third-order valence-corrected chi connectivity index (χ3v) is 4.01. The molecule has 1 aliphatic heterocycles. The second-order valence-electron chi connectivity index (χ2n) is 5.91. The number of nitrogens with zero attached hydrogens (tertiary/aromatic N) is 1. The van der Waals surface area contributed by atoms with Gasteiger partial charge in [-0.3, -0.25) is 4.90 Å². The van der Waals surface area contributed by atoms with Gasteiger partial charge in [0, 0.05) is 18.2 Å². The first kappa shape index (κ1) is 14.4. The van der Waals surface area contributed by atoms with Crippen LogP contribution in [0, 0.1) is 11.6 Å². The highest BCUT2D eigenvalue weighted by atomic mass is 19.1. The van der Waals surface area contributed by atoms with Crippen molar-refractivity contribution in [2.24, 2.45) is 0 Å². The Labute approximate surface area is 113 Å². The van der Waals surface area contributed by atoms with Crippen molar-refractivity contribution >= 4 is 0 Å². The van der Waals surface area contributed by atoms with Gasteiger partial charge in [-0.05, 0) is 57.4 Å². The summed E-state index contributed by atoms with van der Waals surface area (Å²) < 4.78 is 26.2. The van der Waals surface area contributed by atoms with Gasteiger partial charge >= 0.3 is 0 Å². The van der Waals surface area contributed by atoms with Gasteiger partial charge in [-0.2, -0.15) is 0 Å². The second-order valence-corrected chi connectivity index (χ2v) is 5.91. The second kappa shape index (κ2) is 5.55. The lowest BCUT2D eigenvalue weighted by Gasteiger charge is -2.32. The number of rotatable bonds is 4. The van der Waals surface area contributed by atoms with Crippen LogP contribution in [0.1, 0.15) is 44.8 Å². The molecule has 0 aromatic heterocycles. The number of halogens is 2. The zero-order chi connectivity index (χ0) is 14.0. The van der Waals surface area contributed by atoms with Crippen LogP contribution in [0.3, 0.4) is 0 Å². The maximum Gasteiger partial charge on any atom is 0.126 e. The van der Waals surface area contributed by atoms with Crippen molar-refractivity contribution in [2.45, 2.75) is 44.8 Å². The third-order valence-electron chi connectivity index (χ3n) is 4.01. The highest BCUT2D eigenvalue weighted by molar-refractivity contribution is 5.20. The monoisotopic (exact) mass is 269 g/mol. The fourth-order valence-corrected chi connectivity index (χ4v) is 2.79. The lowest BCUT2D eigenvalue weighted by atomic mass is 10.0. The molecule has 1 heterocycles. The largest absolute Gasteiger partial charge is 0.388 e. The van der Waals surface area contributed by atoms with E-state index in [0.717, 1.165) is 32.0 Å². The topological polar surface area (TPSA) is 23.5 Å². The van der Waals surface area contributed by atoms with Crippen molar-refractivity contribution in [3.05, 3.63) is 35.4 Å². The van der Waals surface area contributed by atoms with Crippen LogP contribution in [0.15, 0.2) is 18.2 Å². The smallest absolute Gasteiger partial charge is 0.126 e. The number of aliphatic hydroxyl groups excluding tert-OH is 1. The van der Waals surface area contributed by atoms with Crippen LogP contribution in [0.4, 0.5) is 8.78 Å². The number of aliphatic hydroxyl groups is 1. The molecule has 1 fully saturated rings. The molecular formula is C15H21F2NO. The molecule has 0 saturated carbocycles. The van der Waals surface area contributed by atoms with E-state index in [4.69, 9.17) is 0 Å². The van der Waals surface area contributed by atoms with Crippen molar-refractivity contribution in [1.29, 1.82) is 0 Å². The summed E-state index contributed by atoms with van der Waals surface area (Å²) in [5.74, 6) is -1.29. The number of hydrogen-bond donors (Lipinski definition) is 1. The van der Waals surface area contributed by atoms with Gasteiger partial charge in [-0.1, -0.05) is 0 Å². The summed E-state index contributed by atoms with van der Waals surface area (Å²) >= 11 is 0. The van der Waals surface area contributed by atoms with E-state index in [2.05, 4.69) is 18.7 Å². The molecule has 1 aliphatic rings. The molecular weight excluding hydrogens is 248 g/mol. The molecule has 1 aromatic rings. The van der Waals surface area contributed by atoms with E-state index in [-0.39, 0.29) is 5.54 Å². The van der Waals surface area contributed by atoms with E-state index in [1.807, 2.05) is 0 Å². The van der Waals surface area contributed by atoms with Crippen molar-refractivity contribution < 1.29 is 13.9 Å². The molecule has 106 valence electrons. The Morgan fingerprint density at radius 2 is 1.89 bits per heavy atom. The predicted molar refractivity (Wildman–Crippen MR) is 70.8 cm³/mol. The summed E-state index contributed by atoms with van der Waals surface area (Å²) in [7, 11) is 0. The van der Waals surface area contributed by atoms with Crippen molar-refractivity contribution in [3.8, 4) is 0 Å². The lowest BCUT2D eigenvalue weighted by Crippen LogP contribution is -2.39. The number of benzene rings is 1. The van der Waals surface area contributed by atoms with Crippen LogP contribution in [0.2, 0.25) is 0 Å². The average molecular weight is 269 g/mol. The van der Waals surface area contributed by atoms with E-state index in [1.165, 1.54) is 12.1 Å². The van der Waals surface area contributed by atoms with E-state index in [1.54, 1.807) is 0 Å². The summed E-state index contributed by atoms with van der Waals surface area (Å²) in [6.45, 7) is 6.14. The van der Waals surface area contributed by atoms with Crippen molar-refractivity contribution in [3.63, 3.8) is 0 Å².